The molecule has 0 fully saturated rings. The van der Waals surface area contributed by atoms with Crippen LogP contribution in [0.1, 0.15) is 21.6 Å². The Labute approximate surface area is 158 Å². The van der Waals surface area contributed by atoms with Crippen LogP contribution in [0.3, 0.4) is 0 Å². The van der Waals surface area contributed by atoms with Crippen LogP contribution in [0.4, 0.5) is 0 Å². The number of esters is 1. The third-order valence-electron chi connectivity index (χ3n) is 4.27. The third kappa shape index (κ3) is 4.26. The predicted molar refractivity (Wildman–Crippen MR) is 103 cm³/mol. The molecule has 3 aromatic rings. The van der Waals surface area contributed by atoms with Gasteiger partial charge in [0, 0.05) is 6.20 Å². The van der Waals surface area contributed by atoms with Gasteiger partial charge in [0.15, 0.2) is 0 Å². The number of carbonyl (C=O) groups is 1. The molecule has 3 rings (SSSR count). The van der Waals surface area contributed by atoms with Gasteiger partial charge in [-0.05, 0) is 60.0 Å². The number of hydrogen-bond donors (Lipinski definition) is 0. The number of benzene rings is 2. The average molecular weight is 363 g/mol. The van der Waals surface area contributed by atoms with Gasteiger partial charge in [-0.15, -0.1) is 0 Å². The number of pyridine rings is 1. The van der Waals surface area contributed by atoms with Crippen molar-refractivity contribution >= 4 is 5.97 Å². The summed E-state index contributed by atoms with van der Waals surface area (Å²) in [5, 5.41) is 0. The van der Waals surface area contributed by atoms with Gasteiger partial charge in [0.05, 0.1) is 25.5 Å². The van der Waals surface area contributed by atoms with Gasteiger partial charge in [-0.25, -0.2) is 4.79 Å². The van der Waals surface area contributed by atoms with E-state index in [1.54, 1.807) is 25.4 Å². The maximum Gasteiger partial charge on any atom is 0.338 e. The summed E-state index contributed by atoms with van der Waals surface area (Å²) in [5.41, 5.74) is 3.96. The molecule has 27 heavy (non-hydrogen) atoms. The summed E-state index contributed by atoms with van der Waals surface area (Å²) in [5.74, 6) is 0.948. The SMILES string of the molecule is COC(=O)c1ccc(OCc2ncccc2C)cc1-c1cccc(OC)c1. The second-order valence-electron chi connectivity index (χ2n) is 5.99. The molecule has 0 atom stereocenters. The number of aromatic nitrogens is 1. The zero-order chi connectivity index (χ0) is 19.2. The quantitative estimate of drug-likeness (QED) is 0.606. The largest absolute Gasteiger partial charge is 0.497 e. The van der Waals surface area contributed by atoms with Crippen LogP contribution in [0.5, 0.6) is 11.5 Å². The maximum absolute atomic E-state index is 12.2. The van der Waals surface area contributed by atoms with Crippen molar-refractivity contribution in [1.82, 2.24) is 4.98 Å². The Morgan fingerprint density at radius 2 is 1.85 bits per heavy atom. The molecule has 0 saturated carbocycles. The summed E-state index contributed by atoms with van der Waals surface area (Å²) < 4.78 is 16.1. The average Bonchev–Trinajstić information content (AvgIpc) is 2.72. The summed E-state index contributed by atoms with van der Waals surface area (Å²) in [6.45, 7) is 2.34. The molecule has 0 unspecified atom stereocenters. The lowest BCUT2D eigenvalue weighted by Gasteiger charge is -2.13. The number of methoxy groups -OCH3 is 2. The highest BCUT2D eigenvalue weighted by molar-refractivity contribution is 5.97. The van der Waals surface area contributed by atoms with Crippen LogP contribution in [0.2, 0.25) is 0 Å². The molecular formula is C22H21NO4. The van der Waals surface area contributed by atoms with Crippen LogP contribution in [0, 0.1) is 6.92 Å². The van der Waals surface area contributed by atoms with Crippen LogP contribution >= 0.6 is 0 Å². The number of rotatable bonds is 6. The van der Waals surface area contributed by atoms with E-state index in [2.05, 4.69) is 4.98 Å². The molecule has 0 spiro atoms. The fourth-order valence-electron chi connectivity index (χ4n) is 2.75. The Bertz CT molecular complexity index is 953. The van der Waals surface area contributed by atoms with E-state index in [0.717, 1.165) is 22.4 Å². The summed E-state index contributed by atoms with van der Waals surface area (Å²) in [6, 6.07) is 16.7. The second-order valence-corrected chi connectivity index (χ2v) is 5.99. The molecular weight excluding hydrogens is 342 g/mol. The Balaban J connectivity index is 1.95. The van der Waals surface area contributed by atoms with E-state index >= 15 is 0 Å². The normalized spacial score (nSPS) is 10.3. The standard InChI is InChI=1S/C22H21NO4/c1-15-6-5-11-23-21(15)14-27-18-9-10-19(22(24)26-3)20(13-18)16-7-4-8-17(12-16)25-2/h4-13H,14H2,1-3H3. The van der Waals surface area contributed by atoms with Crippen molar-refractivity contribution in [1.29, 1.82) is 0 Å². The molecule has 0 saturated heterocycles. The van der Waals surface area contributed by atoms with Crippen molar-refractivity contribution in [2.75, 3.05) is 14.2 Å². The van der Waals surface area contributed by atoms with Crippen molar-refractivity contribution in [3.8, 4) is 22.6 Å². The minimum Gasteiger partial charge on any atom is -0.497 e. The molecule has 0 amide bonds. The molecule has 1 heterocycles. The Morgan fingerprint density at radius 3 is 2.59 bits per heavy atom. The topological polar surface area (TPSA) is 57.7 Å². The lowest BCUT2D eigenvalue weighted by molar-refractivity contribution is 0.0601. The third-order valence-corrected chi connectivity index (χ3v) is 4.27. The van der Waals surface area contributed by atoms with Crippen molar-refractivity contribution < 1.29 is 19.0 Å². The first-order valence-corrected chi connectivity index (χ1v) is 8.52. The molecule has 0 aliphatic heterocycles. The number of aryl methyl sites for hydroxylation is 1. The zero-order valence-electron chi connectivity index (χ0n) is 15.6. The van der Waals surface area contributed by atoms with E-state index in [1.807, 2.05) is 49.4 Å². The van der Waals surface area contributed by atoms with E-state index in [-0.39, 0.29) is 0 Å². The minimum atomic E-state index is -0.403. The fourth-order valence-corrected chi connectivity index (χ4v) is 2.75. The first-order valence-electron chi connectivity index (χ1n) is 8.52. The van der Waals surface area contributed by atoms with Crippen LogP contribution in [0.25, 0.3) is 11.1 Å². The summed E-state index contributed by atoms with van der Waals surface area (Å²) in [4.78, 5) is 16.5. The van der Waals surface area contributed by atoms with Gasteiger partial charge >= 0.3 is 5.97 Å². The van der Waals surface area contributed by atoms with Crippen LogP contribution in [0.15, 0.2) is 60.8 Å². The van der Waals surface area contributed by atoms with Gasteiger partial charge in [0.2, 0.25) is 0 Å². The molecule has 1 aromatic heterocycles. The van der Waals surface area contributed by atoms with Crippen molar-refractivity contribution in [3.63, 3.8) is 0 Å². The predicted octanol–water partition coefficient (Wildman–Crippen LogP) is 4.43. The van der Waals surface area contributed by atoms with Crippen molar-refractivity contribution in [2.24, 2.45) is 0 Å². The van der Waals surface area contributed by atoms with Gasteiger partial charge < -0.3 is 14.2 Å². The molecule has 0 bridgehead atoms. The van der Waals surface area contributed by atoms with Crippen molar-refractivity contribution in [2.45, 2.75) is 13.5 Å². The summed E-state index contributed by atoms with van der Waals surface area (Å²) >= 11 is 0. The van der Waals surface area contributed by atoms with E-state index < -0.39 is 5.97 Å². The molecule has 138 valence electrons. The summed E-state index contributed by atoms with van der Waals surface area (Å²) in [7, 11) is 2.97. The molecule has 0 aliphatic rings. The van der Waals surface area contributed by atoms with Gasteiger partial charge in [0.1, 0.15) is 18.1 Å². The van der Waals surface area contributed by atoms with E-state index in [9.17, 15) is 4.79 Å². The van der Waals surface area contributed by atoms with Gasteiger partial charge in [-0.1, -0.05) is 18.2 Å². The second kappa shape index (κ2) is 8.36. The Hall–Kier alpha value is -3.34. The molecule has 0 aliphatic carbocycles. The Morgan fingerprint density at radius 1 is 1.00 bits per heavy atom. The number of nitrogens with zero attached hydrogens (tertiary/aromatic N) is 1. The Kier molecular flexibility index (Phi) is 5.71. The fraction of sp³-hybridized carbons (Fsp3) is 0.182. The number of hydrogen-bond acceptors (Lipinski definition) is 5. The summed E-state index contributed by atoms with van der Waals surface area (Å²) in [6.07, 6.45) is 1.74. The highest BCUT2D eigenvalue weighted by Crippen LogP contribution is 2.31. The maximum atomic E-state index is 12.2. The zero-order valence-corrected chi connectivity index (χ0v) is 15.6. The van der Waals surface area contributed by atoms with Crippen LogP contribution in [-0.2, 0) is 11.3 Å². The first-order chi connectivity index (χ1) is 13.1. The highest BCUT2D eigenvalue weighted by atomic mass is 16.5. The van der Waals surface area contributed by atoms with Gasteiger partial charge in [0.25, 0.3) is 0 Å². The van der Waals surface area contributed by atoms with Gasteiger partial charge in [-0.2, -0.15) is 0 Å². The molecule has 2 aromatic carbocycles. The first kappa shape index (κ1) is 18.5. The van der Waals surface area contributed by atoms with E-state index in [0.29, 0.717) is 23.7 Å². The minimum absolute atomic E-state index is 0.349. The number of ether oxygens (including phenoxy) is 3. The van der Waals surface area contributed by atoms with Crippen LogP contribution in [-0.4, -0.2) is 25.2 Å². The molecule has 0 radical (unpaired) electrons. The van der Waals surface area contributed by atoms with E-state index in [1.165, 1.54) is 7.11 Å². The molecule has 0 N–H and O–H groups in total. The lowest BCUT2D eigenvalue weighted by atomic mass is 9.99. The monoisotopic (exact) mass is 363 g/mol. The van der Waals surface area contributed by atoms with E-state index in [4.69, 9.17) is 14.2 Å². The van der Waals surface area contributed by atoms with Crippen molar-refractivity contribution in [3.05, 3.63) is 77.6 Å². The lowest BCUT2D eigenvalue weighted by Crippen LogP contribution is -2.05. The highest BCUT2D eigenvalue weighted by Gasteiger charge is 2.15. The molecule has 5 nitrogen and oxygen atoms in total. The smallest absolute Gasteiger partial charge is 0.338 e. The van der Waals surface area contributed by atoms with Crippen LogP contribution < -0.4 is 9.47 Å². The van der Waals surface area contributed by atoms with Gasteiger partial charge in [-0.3, -0.25) is 4.98 Å². The molecule has 5 heteroatoms. The number of carbonyl (C=O) groups excluding carboxylic acids is 1.